The van der Waals surface area contributed by atoms with Gasteiger partial charge in [0.2, 0.25) is 0 Å². The van der Waals surface area contributed by atoms with E-state index in [9.17, 15) is 0 Å². The summed E-state index contributed by atoms with van der Waals surface area (Å²) in [6.45, 7) is 0.696. The van der Waals surface area contributed by atoms with E-state index in [2.05, 4.69) is 25.7 Å². The monoisotopic (exact) mass is 229 g/mol. The van der Waals surface area contributed by atoms with Crippen LogP contribution in [0.2, 0.25) is 0 Å². The quantitative estimate of drug-likeness (QED) is 0.794. The predicted octanol–water partition coefficient (Wildman–Crippen LogP) is 1.48. The van der Waals surface area contributed by atoms with Gasteiger partial charge in [0.05, 0.1) is 22.4 Å². The lowest BCUT2D eigenvalue weighted by Gasteiger charge is -2.23. The first kappa shape index (κ1) is 8.26. The Labute approximate surface area is 80.1 Å². The Morgan fingerprint density at radius 2 is 2.58 bits per heavy atom. The second-order valence-corrected chi connectivity index (χ2v) is 4.02. The first-order chi connectivity index (χ1) is 5.83. The normalized spacial score (nSPS) is 22.3. The third-order valence-corrected chi connectivity index (χ3v) is 3.08. The van der Waals surface area contributed by atoms with Gasteiger partial charge in [0.1, 0.15) is 0 Å². The summed E-state index contributed by atoms with van der Waals surface area (Å²) in [5, 5.41) is 4.30. The van der Waals surface area contributed by atoms with E-state index in [0.717, 1.165) is 17.3 Å². The number of rotatable bonds is 1. The molecule has 0 radical (unpaired) electrons. The zero-order chi connectivity index (χ0) is 8.55. The van der Waals surface area contributed by atoms with Gasteiger partial charge in [0.25, 0.3) is 0 Å². The van der Waals surface area contributed by atoms with Gasteiger partial charge in [-0.15, -0.1) is 0 Å². The summed E-state index contributed by atoms with van der Waals surface area (Å²) < 4.78 is 3.19. The standard InChI is InChI=1S/C8H12BrN3/c9-7-5-11-12-6(4-10)2-1-3-8(7)12/h5-6H,1-4,10H2. The van der Waals surface area contributed by atoms with Crippen LogP contribution < -0.4 is 5.73 Å². The Balaban J connectivity index is 2.38. The molecule has 0 saturated heterocycles. The Hall–Kier alpha value is -0.350. The van der Waals surface area contributed by atoms with Gasteiger partial charge >= 0.3 is 0 Å². The van der Waals surface area contributed by atoms with Crippen LogP contribution in [0.25, 0.3) is 0 Å². The number of halogens is 1. The predicted molar refractivity (Wildman–Crippen MR) is 51.0 cm³/mol. The zero-order valence-electron chi connectivity index (χ0n) is 6.83. The molecule has 0 saturated carbocycles. The Kier molecular flexibility index (Phi) is 2.19. The van der Waals surface area contributed by atoms with Crippen LogP contribution in [0.5, 0.6) is 0 Å². The second-order valence-electron chi connectivity index (χ2n) is 3.17. The molecule has 0 fully saturated rings. The van der Waals surface area contributed by atoms with E-state index in [-0.39, 0.29) is 0 Å². The largest absolute Gasteiger partial charge is 0.328 e. The molecule has 1 atom stereocenters. The average molecular weight is 230 g/mol. The highest BCUT2D eigenvalue weighted by Gasteiger charge is 2.20. The Morgan fingerprint density at radius 3 is 3.33 bits per heavy atom. The van der Waals surface area contributed by atoms with Crippen molar-refractivity contribution >= 4 is 15.9 Å². The molecule has 4 heteroatoms. The molecule has 2 rings (SSSR count). The van der Waals surface area contributed by atoms with Crippen molar-refractivity contribution in [1.29, 1.82) is 0 Å². The van der Waals surface area contributed by atoms with Crippen LogP contribution in [0.3, 0.4) is 0 Å². The second kappa shape index (κ2) is 3.18. The third-order valence-electron chi connectivity index (χ3n) is 2.42. The summed E-state index contributed by atoms with van der Waals surface area (Å²) in [5.41, 5.74) is 6.95. The summed E-state index contributed by atoms with van der Waals surface area (Å²) >= 11 is 3.48. The SMILES string of the molecule is NCC1CCCc2c(Br)cnn21. The van der Waals surface area contributed by atoms with Crippen LogP contribution in [0, 0.1) is 0 Å². The van der Waals surface area contributed by atoms with Gasteiger partial charge in [-0.2, -0.15) is 5.10 Å². The maximum absolute atomic E-state index is 5.65. The molecule has 1 aromatic rings. The number of hydrogen-bond donors (Lipinski definition) is 1. The minimum Gasteiger partial charge on any atom is -0.328 e. The van der Waals surface area contributed by atoms with Crippen molar-refractivity contribution in [2.75, 3.05) is 6.54 Å². The highest BCUT2D eigenvalue weighted by atomic mass is 79.9. The van der Waals surface area contributed by atoms with E-state index in [1.807, 2.05) is 6.20 Å². The van der Waals surface area contributed by atoms with E-state index in [0.29, 0.717) is 12.6 Å². The van der Waals surface area contributed by atoms with Crippen LogP contribution in [-0.2, 0) is 6.42 Å². The molecular weight excluding hydrogens is 218 g/mol. The molecule has 2 N–H and O–H groups in total. The fourth-order valence-corrected chi connectivity index (χ4v) is 2.23. The molecule has 0 aliphatic carbocycles. The number of aromatic nitrogens is 2. The maximum atomic E-state index is 5.65. The lowest BCUT2D eigenvalue weighted by Crippen LogP contribution is -2.25. The molecule has 0 aromatic carbocycles. The van der Waals surface area contributed by atoms with Crippen molar-refractivity contribution < 1.29 is 0 Å². The van der Waals surface area contributed by atoms with Gasteiger partial charge < -0.3 is 5.73 Å². The van der Waals surface area contributed by atoms with E-state index in [4.69, 9.17) is 5.73 Å². The van der Waals surface area contributed by atoms with Gasteiger partial charge in [-0.05, 0) is 35.2 Å². The Morgan fingerprint density at radius 1 is 1.75 bits per heavy atom. The van der Waals surface area contributed by atoms with Crippen LogP contribution in [-0.4, -0.2) is 16.3 Å². The first-order valence-electron chi connectivity index (χ1n) is 4.25. The zero-order valence-corrected chi connectivity index (χ0v) is 8.42. The fraction of sp³-hybridized carbons (Fsp3) is 0.625. The van der Waals surface area contributed by atoms with Crippen molar-refractivity contribution in [3.63, 3.8) is 0 Å². The molecule has 2 heterocycles. The number of fused-ring (bicyclic) bond motifs is 1. The third kappa shape index (κ3) is 1.19. The highest BCUT2D eigenvalue weighted by molar-refractivity contribution is 9.10. The van der Waals surface area contributed by atoms with E-state index >= 15 is 0 Å². The average Bonchev–Trinajstić information content (AvgIpc) is 2.48. The molecule has 0 spiro atoms. The first-order valence-corrected chi connectivity index (χ1v) is 5.04. The van der Waals surface area contributed by atoms with Crippen LogP contribution >= 0.6 is 15.9 Å². The van der Waals surface area contributed by atoms with Crippen molar-refractivity contribution in [1.82, 2.24) is 9.78 Å². The molecule has 0 bridgehead atoms. The van der Waals surface area contributed by atoms with Crippen molar-refractivity contribution in [3.05, 3.63) is 16.4 Å². The minimum atomic E-state index is 0.417. The minimum absolute atomic E-state index is 0.417. The molecule has 1 aliphatic rings. The van der Waals surface area contributed by atoms with E-state index in [1.54, 1.807) is 0 Å². The molecule has 66 valence electrons. The van der Waals surface area contributed by atoms with Crippen LogP contribution in [0.4, 0.5) is 0 Å². The van der Waals surface area contributed by atoms with Gasteiger partial charge in [0, 0.05) is 6.54 Å². The molecule has 1 unspecified atom stereocenters. The lowest BCUT2D eigenvalue weighted by atomic mass is 10.0. The van der Waals surface area contributed by atoms with Crippen molar-refractivity contribution in [3.8, 4) is 0 Å². The van der Waals surface area contributed by atoms with Crippen molar-refractivity contribution in [2.24, 2.45) is 5.73 Å². The van der Waals surface area contributed by atoms with Gasteiger partial charge in [0.15, 0.2) is 0 Å². The molecule has 0 amide bonds. The molecule has 1 aliphatic heterocycles. The number of hydrogen-bond acceptors (Lipinski definition) is 2. The van der Waals surface area contributed by atoms with Gasteiger partial charge in [-0.25, -0.2) is 0 Å². The van der Waals surface area contributed by atoms with Crippen LogP contribution in [0.1, 0.15) is 24.6 Å². The lowest BCUT2D eigenvalue weighted by molar-refractivity contribution is 0.373. The summed E-state index contributed by atoms with van der Waals surface area (Å²) in [5.74, 6) is 0. The van der Waals surface area contributed by atoms with Crippen molar-refractivity contribution in [2.45, 2.75) is 25.3 Å². The number of nitrogens with two attached hydrogens (primary N) is 1. The summed E-state index contributed by atoms with van der Waals surface area (Å²) in [6, 6.07) is 0.417. The highest BCUT2D eigenvalue weighted by Crippen LogP contribution is 2.28. The summed E-state index contributed by atoms with van der Waals surface area (Å²) in [4.78, 5) is 0. The number of nitrogens with zero attached hydrogens (tertiary/aromatic N) is 2. The summed E-state index contributed by atoms with van der Waals surface area (Å²) in [7, 11) is 0. The molecule has 3 nitrogen and oxygen atoms in total. The van der Waals surface area contributed by atoms with E-state index in [1.165, 1.54) is 12.1 Å². The molecule has 1 aromatic heterocycles. The van der Waals surface area contributed by atoms with E-state index < -0.39 is 0 Å². The van der Waals surface area contributed by atoms with Crippen LogP contribution in [0.15, 0.2) is 10.7 Å². The fourth-order valence-electron chi connectivity index (χ4n) is 1.76. The smallest absolute Gasteiger partial charge is 0.0645 e. The topological polar surface area (TPSA) is 43.8 Å². The summed E-state index contributed by atoms with van der Waals surface area (Å²) in [6.07, 6.45) is 5.38. The van der Waals surface area contributed by atoms with Gasteiger partial charge in [-0.1, -0.05) is 0 Å². The molecular formula is C8H12BrN3. The molecule has 12 heavy (non-hydrogen) atoms. The van der Waals surface area contributed by atoms with Gasteiger partial charge in [-0.3, -0.25) is 4.68 Å². The Bertz CT molecular complexity index is 282. The maximum Gasteiger partial charge on any atom is 0.0645 e.